The van der Waals surface area contributed by atoms with Gasteiger partial charge in [0.05, 0.1) is 6.42 Å². The number of carbonyl (C=O) groups excluding carboxylic acids is 1. The molecule has 3 aromatic carbocycles. The predicted molar refractivity (Wildman–Crippen MR) is 104 cm³/mol. The van der Waals surface area contributed by atoms with Gasteiger partial charge in [0, 0.05) is 5.92 Å². The number of carboxylic acid groups (broad SMARTS) is 1. The lowest BCUT2D eigenvalue weighted by Crippen LogP contribution is -2.45. The van der Waals surface area contributed by atoms with Crippen LogP contribution >= 0.6 is 0 Å². The van der Waals surface area contributed by atoms with E-state index in [0.29, 0.717) is 0 Å². The number of benzene rings is 3. The van der Waals surface area contributed by atoms with Crippen molar-refractivity contribution in [2.75, 3.05) is 0 Å². The molecule has 0 radical (unpaired) electrons. The fourth-order valence-electron chi connectivity index (χ4n) is 3.19. The zero-order valence-electron chi connectivity index (χ0n) is 14.8. The van der Waals surface area contributed by atoms with E-state index in [1.807, 2.05) is 91.0 Å². The molecule has 2 N–H and O–H groups in total. The Balaban J connectivity index is 1.89. The van der Waals surface area contributed by atoms with Gasteiger partial charge in [-0.15, -0.1) is 0 Å². The van der Waals surface area contributed by atoms with Crippen molar-refractivity contribution in [3.8, 4) is 0 Å². The van der Waals surface area contributed by atoms with Crippen molar-refractivity contribution in [1.29, 1.82) is 0 Å². The van der Waals surface area contributed by atoms with Gasteiger partial charge in [0.15, 0.2) is 0 Å². The van der Waals surface area contributed by atoms with Crippen LogP contribution in [-0.4, -0.2) is 23.0 Å². The van der Waals surface area contributed by atoms with Crippen LogP contribution in [0.2, 0.25) is 0 Å². The molecule has 0 saturated carbocycles. The minimum Gasteiger partial charge on any atom is -0.480 e. The Morgan fingerprint density at radius 3 is 1.63 bits per heavy atom. The summed E-state index contributed by atoms with van der Waals surface area (Å²) >= 11 is 0. The van der Waals surface area contributed by atoms with Crippen LogP contribution in [0.5, 0.6) is 0 Å². The molecule has 0 fully saturated rings. The lowest BCUT2D eigenvalue weighted by Gasteiger charge is -2.26. The van der Waals surface area contributed by atoms with Crippen molar-refractivity contribution in [1.82, 2.24) is 5.32 Å². The maximum atomic E-state index is 12.5. The summed E-state index contributed by atoms with van der Waals surface area (Å²) in [4.78, 5) is 24.6. The molecule has 0 aliphatic heterocycles. The van der Waals surface area contributed by atoms with Gasteiger partial charge in [0.2, 0.25) is 5.91 Å². The predicted octanol–water partition coefficient (Wildman–Crippen LogP) is 3.63. The topological polar surface area (TPSA) is 66.4 Å². The van der Waals surface area contributed by atoms with Crippen molar-refractivity contribution in [2.24, 2.45) is 0 Å². The minimum absolute atomic E-state index is 0.140. The second-order valence-electron chi connectivity index (χ2n) is 6.34. The number of carboxylic acids is 1. The smallest absolute Gasteiger partial charge is 0.327 e. The molecule has 0 heterocycles. The first kappa shape index (κ1) is 18.4. The first-order valence-corrected chi connectivity index (χ1v) is 8.81. The third-order valence-corrected chi connectivity index (χ3v) is 4.44. The van der Waals surface area contributed by atoms with Crippen LogP contribution in [0.3, 0.4) is 0 Å². The van der Waals surface area contributed by atoms with Crippen molar-refractivity contribution in [3.05, 3.63) is 108 Å². The Labute approximate surface area is 158 Å². The molecule has 4 heteroatoms. The average Bonchev–Trinajstić information content (AvgIpc) is 2.70. The molecule has 1 atom stereocenters. The van der Waals surface area contributed by atoms with Crippen LogP contribution in [0.15, 0.2) is 91.0 Å². The number of amides is 1. The van der Waals surface area contributed by atoms with Gasteiger partial charge < -0.3 is 10.4 Å². The van der Waals surface area contributed by atoms with Crippen LogP contribution in [0.1, 0.15) is 22.6 Å². The summed E-state index contributed by atoms with van der Waals surface area (Å²) in [6, 6.07) is 27.0. The molecular formula is C23H21NO3. The van der Waals surface area contributed by atoms with Gasteiger partial charge in [0.25, 0.3) is 0 Å². The molecule has 3 aromatic rings. The molecule has 0 spiro atoms. The largest absolute Gasteiger partial charge is 0.480 e. The van der Waals surface area contributed by atoms with Crippen molar-refractivity contribution < 1.29 is 14.7 Å². The van der Waals surface area contributed by atoms with E-state index >= 15 is 0 Å². The van der Waals surface area contributed by atoms with Gasteiger partial charge >= 0.3 is 5.97 Å². The number of carbonyl (C=O) groups is 2. The quantitative estimate of drug-likeness (QED) is 0.677. The molecule has 0 aromatic heterocycles. The molecule has 0 unspecified atom stereocenters. The number of hydrogen-bond acceptors (Lipinski definition) is 2. The Morgan fingerprint density at radius 2 is 1.19 bits per heavy atom. The zero-order valence-corrected chi connectivity index (χ0v) is 14.8. The summed E-state index contributed by atoms with van der Waals surface area (Å²) in [6.07, 6.45) is 0.140. The van der Waals surface area contributed by atoms with E-state index < -0.39 is 17.9 Å². The molecule has 0 saturated heterocycles. The van der Waals surface area contributed by atoms with Gasteiger partial charge in [-0.05, 0) is 16.7 Å². The molecule has 0 bridgehead atoms. The highest BCUT2D eigenvalue weighted by molar-refractivity contribution is 5.86. The molecule has 4 nitrogen and oxygen atoms in total. The Morgan fingerprint density at radius 1 is 0.741 bits per heavy atom. The first-order chi connectivity index (χ1) is 13.1. The van der Waals surface area contributed by atoms with Crippen LogP contribution in [0.4, 0.5) is 0 Å². The zero-order chi connectivity index (χ0) is 19.1. The molecule has 1 amide bonds. The summed E-state index contributed by atoms with van der Waals surface area (Å²) < 4.78 is 0. The highest BCUT2D eigenvalue weighted by atomic mass is 16.4. The third-order valence-electron chi connectivity index (χ3n) is 4.44. The summed E-state index contributed by atoms with van der Waals surface area (Å²) in [5.74, 6) is -1.86. The standard InChI is InChI=1S/C23H21NO3/c25-20(16-17-10-4-1-5-11-17)24-22(23(26)27)21(18-12-6-2-7-13-18)19-14-8-3-9-15-19/h1-15,21-22H,16H2,(H,24,25)(H,26,27)/t22-/m0/s1. The molecule has 136 valence electrons. The maximum Gasteiger partial charge on any atom is 0.327 e. The van der Waals surface area contributed by atoms with Crippen molar-refractivity contribution >= 4 is 11.9 Å². The van der Waals surface area contributed by atoms with Crippen molar-refractivity contribution in [3.63, 3.8) is 0 Å². The SMILES string of the molecule is O=C(Cc1ccccc1)N[C@H](C(=O)O)C(c1ccccc1)c1ccccc1. The van der Waals surface area contributed by atoms with E-state index in [-0.39, 0.29) is 12.3 Å². The van der Waals surface area contributed by atoms with E-state index in [1.165, 1.54) is 0 Å². The maximum absolute atomic E-state index is 12.5. The highest BCUT2D eigenvalue weighted by Crippen LogP contribution is 2.28. The van der Waals surface area contributed by atoms with Gasteiger partial charge in [-0.1, -0.05) is 91.0 Å². The fraction of sp³-hybridized carbons (Fsp3) is 0.130. The number of hydrogen-bond donors (Lipinski definition) is 2. The van der Waals surface area contributed by atoms with Gasteiger partial charge in [0.1, 0.15) is 6.04 Å². The van der Waals surface area contributed by atoms with Gasteiger partial charge in [-0.2, -0.15) is 0 Å². The van der Waals surface area contributed by atoms with E-state index in [9.17, 15) is 14.7 Å². The number of aliphatic carboxylic acids is 1. The Hall–Kier alpha value is -3.40. The van der Waals surface area contributed by atoms with Gasteiger partial charge in [-0.25, -0.2) is 4.79 Å². The van der Waals surface area contributed by atoms with Crippen LogP contribution in [0.25, 0.3) is 0 Å². The second-order valence-corrected chi connectivity index (χ2v) is 6.34. The average molecular weight is 359 g/mol. The minimum atomic E-state index is -1.06. The lowest BCUT2D eigenvalue weighted by molar-refractivity contribution is -0.142. The normalized spacial score (nSPS) is 11.7. The fourth-order valence-corrected chi connectivity index (χ4v) is 3.19. The van der Waals surface area contributed by atoms with E-state index in [1.54, 1.807) is 0 Å². The molecule has 0 aliphatic rings. The third kappa shape index (κ3) is 4.82. The van der Waals surface area contributed by atoms with Crippen LogP contribution in [-0.2, 0) is 16.0 Å². The van der Waals surface area contributed by atoms with Crippen molar-refractivity contribution in [2.45, 2.75) is 18.4 Å². The molecule has 0 aliphatic carbocycles. The number of nitrogens with one attached hydrogen (secondary N) is 1. The second kappa shape index (κ2) is 8.81. The van der Waals surface area contributed by atoms with Gasteiger partial charge in [-0.3, -0.25) is 4.79 Å². The van der Waals surface area contributed by atoms with E-state index in [4.69, 9.17) is 0 Å². The van der Waals surface area contributed by atoms with E-state index in [2.05, 4.69) is 5.32 Å². The Bertz CT molecular complexity index is 840. The lowest BCUT2D eigenvalue weighted by atomic mass is 9.85. The molecule has 3 rings (SSSR count). The highest BCUT2D eigenvalue weighted by Gasteiger charge is 2.32. The summed E-state index contributed by atoms with van der Waals surface area (Å²) in [5, 5.41) is 12.6. The summed E-state index contributed by atoms with van der Waals surface area (Å²) in [5.41, 5.74) is 2.53. The molecular weight excluding hydrogens is 338 g/mol. The Kier molecular flexibility index (Phi) is 6.00. The molecule has 27 heavy (non-hydrogen) atoms. The van der Waals surface area contributed by atoms with Crippen LogP contribution in [0, 0.1) is 0 Å². The summed E-state index contributed by atoms with van der Waals surface area (Å²) in [7, 11) is 0. The van der Waals surface area contributed by atoms with E-state index in [0.717, 1.165) is 16.7 Å². The number of rotatable bonds is 7. The monoisotopic (exact) mass is 359 g/mol. The first-order valence-electron chi connectivity index (χ1n) is 8.81. The summed E-state index contributed by atoms with van der Waals surface area (Å²) in [6.45, 7) is 0. The van der Waals surface area contributed by atoms with Crippen LogP contribution < -0.4 is 5.32 Å².